The molecule has 0 aliphatic carbocycles. The number of carbonyl (C=O) groups is 1. The van der Waals surface area contributed by atoms with E-state index in [0.29, 0.717) is 18.2 Å². The second kappa shape index (κ2) is 9.13. The minimum atomic E-state index is -0.00687. The van der Waals surface area contributed by atoms with E-state index in [0.717, 1.165) is 44.6 Å². The molecule has 1 atom stereocenters. The molecule has 6 heteroatoms. The standard InChI is InChI=1S/C21H31N5O/c1-4-26-20(12-19(24-26)11-16(2)3)21(27)23-18-8-6-10-25(15-18)14-17-7-5-9-22-13-17/h5,7,9,12-13,16,18H,4,6,8,10-11,14-15H2,1-3H3,(H,23,27). The van der Waals surface area contributed by atoms with Crippen molar-refractivity contribution in [1.82, 2.24) is 25.0 Å². The smallest absolute Gasteiger partial charge is 0.269 e. The van der Waals surface area contributed by atoms with Crippen LogP contribution in [0.4, 0.5) is 0 Å². The summed E-state index contributed by atoms with van der Waals surface area (Å²) in [5.41, 5.74) is 2.89. The van der Waals surface area contributed by atoms with Crippen LogP contribution in [0.5, 0.6) is 0 Å². The monoisotopic (exact) mass is 369 g/mol. The Bertz CT molecular complexity index is 740. The number of amides is 1. The van der Waals surface area contributed by atoms with E-state index in [9.17, 15) is 4.79 Å². The van der Waals surface area contributed by atoms with Gasteiger partial charge in [0.1, 0.15) is 5.69 Å². The van der Waals surface area contributed by atoms with Crippen LogP contribution in [0, 0.1) is 5.92 Å². The normalized spacial score (nSPS) is 18.0. The van der Waals surface area contributed by atoms with Gasteiger partial charge in [0.25, 0.3) is 5.91 Å². The maximum Gasteiger partial charge on any atom is 0.269 e. The average molecular weight is 370 g/mol. The molecule has 1 saturated heterocycles. The van der Waals surface area contributed by atoms with Crippen molar-refractivity contribution < 1.29 is 4.79 Å². The van der Waals surface area contributed by atoms with Crippen LogP contribution in [0.1, 0.15) is 55.4 Å². The summed E-state index contributed by atoms with van der Waals surface area (Å²) in [5, 5.41) is 7.83. The van der Waals surface area contributed by atoms with E-state index < -0.39 is 0 Å². The number of carbonyl (C=O) groups excluding carboxylic acids is 1. The van der Waals surface area contributed by atoms with E-state index in [1.54, 1.807) is 6.20 Å². The van der Waals surface area contributed by atoms with Crippen LogP contribution < -0.4 is 5.32 Å². The minimum Gasteiger partial charge on any atom is -0.347 e. The lowest BCUT2D eigenvalue weighted by atomic mass is 10.0. The number of rotatable bonds is 7. The van der Waals surface area contributed by atoms with Crippen molar-refractivity contribution in [2.24, 2.45) is 5.92 Å². The van der Waals surface area contributed by atoms with E-state index in [-0.39, 0.29) is 11.9 Å². The van der Waals surface area contributed by atoms with Gasteiger partial charge in [0.15, 0.2) is 0 Å². The zero-order chi connectivity index (χ0) is 19.2. The minimum absolute atomic E-state index is 0.00687. The molecule has 1 aliphatic heterocycles. The fourth-order valence-corrected chi connectivity index (χ4v) is 3.74. The van der Waals surface area contributed by atoms with Gasteiger partial charge in [0, 0.05) is 38.1 Å². The summed E-state index contributed by atoms with van der Waals surface area (Å²) < 4.78 is 1.82. The highest BCUT2D eigenvalue weighted by molar-refractivity contribution is 5.92. The molecule has 1 unspecified atom stereocenters. The van der Waals surface area contributed by atoms with E-state index >= 15 is 0 Å². The van der Waals surface area contributed by atoms with Crippen LogP contribution >= 0.6 is 0 Å². The predicted octanol–water partition coefficient (Wildman–Crippen LogP) is 2.89. The number of hydrogen-bond donors (Lipinski definition) is 1. The first-order valence-corrected chi connectivity index (χ1v) is 10.0. The lowest BCUT2D eigenvalue weighted by molar-refractivity contribution is 0.0890. The molecule has 146 valence electrons. The third-order valence-electron chi connectivity index (χ3n) is 4.95. The van der Waals surface area contributed by atoms with Gasteiger partial charge in [0.2, 0.25) is 0 Å². The highest BCUT2D eigenvalue weighted by Crippen LogP contribution is 2.15. The Balaban J connectivity index is 1.61. The first-order chi connectivity index (χ1) is 13.0. The van der Waals surface area contributed by atoms with Gasteiger partial charge in [-0.3, -0.25) is 19.4 Å². The molecule has 6 nitrogen and oxygen atoms in total. The molecule has 3 heterocycles. The van der Waals surface area contributed by atoms with Gasteiger partial charge in [-0.1, -0.05) is 19.9 Å². The van der Waals surface area contributed by atoms with Crippen molar-refractivity contribution in [1.29, 1.82) is 0 Å². The first-order valence-electron chi connectivity index (χ1n) is 10.0. The van der Waals surface area contributed by atoms with Gasteiger partial charge in [-0.05, 0) is 56.3 Å². The van der Waals surface area contributed by atoms with Crippen LogP contribution in [0.2, 0.25) is 0 Å². The summed E-state index contributed by atoms with van der Waals surface area (Å²) in [7, 11) is 0. The Hall–Kier alpha value is -2.21. The van der Waals surface area contributed by atoms with E-state index in [2.05, 4.69) is 40.2 Å². The van der Waals surface area contributed by atoms with E-state index in [1.165, 1.54) is 5.56 Å². The Morgan fingerprint density at radius 1 is 1.41 bits per heavy atom. The molecule has 27 heavy (non-hydrogen) atoms. The topological polar surface area (TPSA) is 63.1 Å². The molecule has 1 N–H and O–H groups in total. The van der Waals surface area contributed by atoms with Gasteiger partial charge in [0.05, 0.1) is 5.69 Å². The molecule has 1 fully saturated rings. The second-order valence-corrected chi connectivity index (χ2v) is 7.84. The Morgan fingerprint density at radius 2 is 2.26 bits per heavy atom. The van der Waals surface area contributed by atoms with Crippen LogP contribution in [-0.2, 0) is 19.5 Å². The van der Waals surface area contributed by atoms with Gasteiger partial charge in [-0.15, -0.1) is 0 Å². The third-order valence-corrected chi connectivity index (χ3v) is 4.95. The summed E-state index contributed by atoms with van der Waals surface area (Å²) in [6, 6.07) is 6.20. The average Bonchev–Trinajstić information content (AvgIpc) is 3.05. The van der Waals surface area contributed by atoms with Gasteiger partial charge in [-0.25, -0.2) is 0 Å². The quantitative estimate of drug-likeness (QED) is 0.815. The largest absolute Gasteiger partial charge is 0.347 e. The van der Waals surface area contributed by atoms with Gasteiger partial charge >= 0.3 is 0 Å². The summed E-state index contributed by atoms with van der Waals surface area (Å²) in [4.78, 5) is 19.4. The van der Waals surface area contributed by atoms with E-state index in [4.69, 9.17) is 0 Å². The molecule has 0 radical (unpaired) electrons. The molecule has 2 aromatic rings. The summed E-state index contributed by atoms with van der Waals surface area (Å²) >= 11 is 0. The van der Waals surface area contributed by atoms with Crippen molar-refractivity contribution in [2.75, 3.05) is 13.1 Å². The zero-order valence-electron chi connectivity index (χ0n) is 16.7. The molecule has 3 rings (SSSR count). The SMILES string of the molecule is CCn1nc(CC(C)C)cc1C(=O)NC1CCCN(Cc2cccnc2)C1. The molecule has 1 amide bonds. The molecule has 0 saturated carbocycles. The fraction of sp³-hybridized carbons (Fsp3) is 0.571. The Kier molecular flexibility index (Phi) is 6.61. The number of piperidine rings is 1. The summed E-state index contributed by atoms with van der Waals surface area (Å²) in [6.07, 6.45) is 6.73. The number of nitrogens with zero attached hydrogens (tertiary/aromatic N) is 4. The van der Waals surface area contributed by atoms with Crippen LogP contribution in [-0.4, -0.2) is 44.7 Å². The summed E-state index contributed by atoms with van der Waals surface area (Å²) in [6.45, 7) is 9.89. The maximum atomic E-state index is 12.9. The molecule has 0 bridgehead atoms. The number of nitrogens with one attached hydrogen (secondary N) is 1. The van der Waals surface area contributed by atoms with Gasteiger partial charge < -0.3 is 5.32 Å². The zero-order valence-corrected chi connectivity index (χ0v) is 16.7. The fourth-order valence-electron chi connectivity index (χ4n) is 3.74. The van der Waals surface area contributed by atoms with E-state index in [1.807, 2.05) is 29.9 Å². The number of pyridine rings is 1. The first kappa shape index (κ1) is 19.5. The van der Waals surface area contributed by atoms with Gasteiger partial charge in [-0.2, -0.15) is 5.10 Å². The highest BCUT2D eigenvalue weighted by Gasteiger charge is 2.24. The molecular weight excluding hydrogens is 338 g/mol. The number of hydrogen-bond acceptors (Lipinski definition) is 4. The number of likely N-dealkylation sites (tertiary alicyclic amines) is 1. The molecule has 0 aromatic carbocycles. The van der Waals surface area contributed by atoms with Crippen molar-refractivity contribution in [2.45, 2.75) is 59.2 Å². The second-order valence-electron chi connectivity index (χ2n) is 7.84. The molecule has 1 aliphatic rings. The van der Waals surface area contributed by atoms with Crippen molar-refractivity contribution >= 4 is 5.91 Å². The summed E-state index contributed by atoms with van der Waals surface area (Å²) in [5.74, 6) is 0.521. The predicted molar refractivity (Wildman–Crippen MR) is 106 cm³/mol. The van der Waals surface area contributed by atoms with Crippen molar-refractivity contribution in [3.05, 3.63) is 47.5 Å². The molecule has 2 aromatic heterocycles. The maximum absolute atomic E-state index is 12.9. The lowest BCUT2D eigenvalue weighted by Crippen LogP contribution is -2.47. The molecule has 0 spiro atoms. The third kappa shape index (κ3) is 5.39. The van der Waals surface area contributed by atoms with Crippen LogP contribution in [0.25, 0.3) is 0 Å². The van der Waals surface area contributed by atoms with Crippen molar-refractivity contribution in [3.8, 4) is 0 Å². The van der Waals surface area contributed by atoms with Crippen molar-refractivity contribution in [3.63, 3.8) is 0 Å². The number of aryl methyl sites for hydroxylation is 1. The number of aromatic nitrogens is 3. The Labute approximate surface area is 162 Å². The lowest BCUT2D eigenvalue weighted by Gasteiger charge is -2.33. The Morgan fingerprint density at radius 3 is 2.96 bits per heavy atom. The van der Waals surface area contributed by atoms with Crippen LogP contribution in [0.15, 0.2) is 30.6 Å². The van der Waals surface area contributed by atoms with Crippen LogP contribution in [0.3, 0.4) is 0 Å². The molecular formula is C21H31N5O. The highest BCUT2D eigenvalue weighted by atomic mass is 16.2.